The molecule has 1 atom stereocenters. The van der Waals surface area contributed by atoms with Crippen molar-refractivity contribution in [2.24, 2.45) is 0 Å². The summed E-state index contributed by atoms with van der Waals surface area (Å²) in [5.41, 5.74) is 2.01. The smallest absolute Gasteiger partial charge is 0.416 e. The highest BCUT2D eigenvalue weighted by Gasteiger charge is 2.31. The SMILES string of the molecule is COc1ccc(-c2nnc(S[C@H](C)C(=O)Nc3cccc(C(F)(F)F)c3)n2-c2ccccc2C(C)C)cc1. The summed E-state index contributed by atoms with van der Waals surface area (Å²) in [7, 11) is 1.59. The van der Waals surface area contributed by atoms with E-state index in [0.717, 1.165) is 28.9 Å². The van der Waals surface area contributed by atoms with Gasteiger partial charge in [0.1, 0.15) is 5.75 Å². The van der Waals surface area contributed by atoms with Crippen LogP contribution in [0.5, 0.6) is 5.75 Å². The number of para-hydroxylation sites is 1. The fourth-order valence-corrected chi connectivity index (χ4v) is 4.76. The molecule has 0 bridgehead atoms. The Labute approximate surface area is 223 Å². The zero-order valence-corrected chi connectivity index (χ0v) is 22.1. The van der Waals surface area contributed by atoms with E-state index in [9.17, 15) is 18.0 Å². The summed E-state index contributed by atoms with van der Waals surface area (Å²) in [6.07, 6.45) is -4.50. The van der Waals surface area contributed by atoms with Crippen LogP contribution in [0.15, 0.2) is 78.0 Å². The third kappa shape index (κ3) is 6.02. The highest BCUT2D eigenvalue weighted by molar-refractivity contribution is 8.00. The number of nitrogens with zero attached hydrogens (tertiary/aromatic N) is 3. The first-order valence-corrected chi connectivity index (χ1v) is 12.8. The fourth-order valence-electron chi connectivity index (χ4n) is 3.90. The predicted molar refractivity (Wildman–Crippen MR) is 143 cm³/mol. The average molecular weight is 541 g/mol. The van der Waals surface area contributed by atoms with Crippen LogP contribution in [0.25, 0.3) is 17.1 Å². The lowest BCUT2D eigenvalue weighted by molar-refractivity contribution is -0.137. The van der Waals surface area contributed by atoms with Gasteiger partial charge in [-0.25, -0.2) is 0 Å². The summed E-state index contributed by atoms with van der Waals surface area (Å²) < 4.78 is 46.5. The summed E-state index contributed by atoms with van der Waals surface area (Å²) >= 11 is 1.18. The number of anilines is 1. The molecule has 10 heteroatoms. The van der Waals surface area contributed by atoms with E-state index in [1.807, 2.05) is 53.1 Å². The summed E-state index contributed by atoms with van der Waals surface area (Å²) in [5.74, 6) is 1.05. The van der Waals surface area contributed by atoms with E-state index < -0.39 is 22.9 Å². The minimum atomic E-state index is -4.50. The molecule has 198 valence electrons. The van der Waals surface area contributed by atoms with Gasteiger partial charge in [-0.05, 0) is 66.9 Å². The van der Waals surface area contributed by atoms with Crippen molar-refractivity contribution >= 4 is 23.4 Å². The molecule has 0 saturated carbocycles. The van der Waals surface area contributed by atoms with Crippen LogP contribution in [0.1, 0.15) is 37.8 Å². The molecule has 1 amide bonds. The van der Waals surface area contributed by atoms with Crippen LogP contribution in [0, 0.1) is 0 Å². The number of rotatable bonds is 8. The van der Waals surface area contributed by atoms with Crippen molar-refractivity contribution in [1.29, 1.82) is 0 Å². The molecule has 0 aliphatic rings. The zero-order valence-electron chi connectivity index (χ0n) is 21.3. The van der Waals surface area contributed by atoms with E-state index in [1.54, 1.807) is 14.0 Å². The molecule has 0 aliphatic carbocycles. The number of carbonyl (C=O) groups excluding carboxylic acids is 1. The molecule has 0 unspecified atom stereocenters. The van der Waals surface area contributed by atoms with Crippen LogP contribution in [-0.4, -0.2) is 33.0 Å². The van der Waals surface area contributed by atoms with Gasteiger partial charge < -0.3 is 10.1 Å². The van der Waals surface area contributed by atoms with E-state index in [1.165, 1.54) is 23.9 Å². The van der Waals surface area contributed by atoms with Gasteiger partial charge in [0.2, 0.25) is 5.91 Å². The number of thioether (sulfide) groups is 1. The standard InChI is InChI=1S/C28H27F3N4O2S/c1-17(2)23-10-5-6-11-24(23)35-25(19-12-14-22(37-4)15-13-19)33-34-27(35)38-18(3)26(36)32-21-9-7-8-20(16-21)28(29,30)31/h5-18H,1-4H3,(H,32,36)/t18-/m1/s1. The number of methoxy groups -OCH3 is 1. The number of carbonyl (C=O) groups is 1. The van der Waals surface area contributed by atoms with Crippen molar-refractivity contribution in [3.05, 3.63) is 83.9 Å². The Morgan fingerprint density at radius 3 is 2.34 bits per heavy atom. The van der Waals surface area contributed by atoms with Crippen molar-refractivity contribution < 1.29 is 22.7 Å². The summed E-state index contributed by atoms with van der Waals surface area (Å²) in [4.78, 5) is 13.0. The van der Waals surface area contributed by atoms with Gasteiger partial charge in [-0.1, -0.05) is 49.9 Å². The Morgan fingerprint density at radius 1 is 0.974 bits per heavy atom. The van der Waals surface area contributed by atoms with Crippen LogP contribution in [0.2, 0.25) is 0 Å². The maximum Gasteiger partial charge on any atom is 0.416 e. The number of amides is 1. The predicted octanol–water partition coefficient (Wildman–Crippen LogP) is 7.20. The molecule has 38 heavy (non-hydrogen) atoms. The average Bonchev–Trinajstić information content (AvgIpc) is 3.31. The van der Waals surface area contributed by atoms with Gasteiger partial charge in [-0.2, -0.15) is 13.2 Å². The van der Waals surface area contributed by atoms with Gasteiger partial charge in [0.25, 0.3) is 0 Å². The number of halogens is 3. The van der Waals surface area contributed by atoms with E-state index in [0.29, 0.717) is 16.7 Å². The number of hydrogen-bond donors (Lipinski definition) is 1. The molecule has 1 N–H and O–H groups in total. The number of aromatic nitrogens is 3. The van der Waals surface area contributed by atoms with Crippen LogP contribution in [0.3, 0.4) is 0 Å². The van der Waals surface area contributed by atoms with Gasteiger partial charge in [0.05, 0.1) is 23.6 Å². The van der Waals surface area contributed by atoms with E-state index in [-0.39, 0.29) is 11.6 Å². The van der Waals surface area contributed by atoms with Crippen LogP contribution < -0.4 is 10.1 Å². The second-order valence-electron chi connectivity index (χ2n) is 8.91. The largest absolute Gasteiger partial charge is 0.497 e. The normalized spacial score (nSPS) is 12.4. The van der Waals surface area contributed by atoms with Crippen LogP contribution >= 0.6 is 11.8 Å². The minimum absolute atomic E-state index is 0.0721. The molecular formula is C28H27F3N4O2S. The molecule has 0 fully saturated rings. The first-order valence-electron chi connectivity index (χ1n) is 11.9. The molecule has 0 saturated heterocycles. The number of alkyl halides is 3. The molecule has 4 rings (SSSR count). The maximum absolute atomic E-state index is 13.1. The molecule has 1 heterocycles. The summed E-state index contributed by atoms with van der Waals surface area (Å²) in [5, 5.41) is 11.2. The van der Waals surface area contributed by atoms with E-state index in [4.69, 9.17) is 4.74 Å². The van der Waals surface area contributed by atoms with E-state index >= 15 is 0 Å². The molecule has 4 aromatic rings. The lowest BCUT2D eigenvalue weighted by Gasteiger charge is -2.18. The van der Waals surface area contributed by atoms with Gasteiger partial charge in [-0.3, -0.25) is 9.36 Å². The maximum atomic E-state index is 13.1. The third-order valence-electron chi connectivity index (χ3n) is 5.89. The van der Waals surface area contributed by atoms with Crippen molar-refractivity contribution in [1.82, 2.24) is 14.8 Å². The van der Waals surface area contributed by atoms with Crippen molar-refractivity contribution in [3.63, 3.8) is 0 Å². The molecule has 3 aromatic carbocycles. The third-order valence-corrected chi connectivity index (χ3v) is 6.93. The zero-order chi connectivity index (χ0) is 27.4. The van der Waals surface area contributed by atoms with Gasteiger partial charge in [-0.15, -0.1) is 10.2 Å². The Hall–Kier alpha value is -3.79. The molecular weight excluding hydrogens is 513 g/mol. The topological polar surface area (TPSA) is 69.0 Å². The first-order chi connectivity index (χ1) is 18.1. The molecule has 0 spiro atoms. The second kappa shape index (κ2) is 11.3. The summed E-state index contributed by atoms with van der Waals surface area (Å²) in [6.45, 7) is 5.86. The highest BCUT2D eigenvalue weighted by atomic mass is 32.2. The van der Waals surface area contributed by atoms with Crippen molar-refractivity contribution in [3.8, 4) is 22.8 Å². The Morgan fingerprint density at radius 2 is 1.68 bits per heavy atom. The number of benzene rings is 3. The van der Waals surface area contributed by atoms with Crippen LogP contribution in [0.4, 0.5) is 18.9 Å². The van der Waals surface area contributed by atoms with Crippen molar-refractivity contribution in [2.45, 2.75) is 43.3 Å². The monoisotopic (exact) mass is 540 g/mol. The Bertz CT molecular complexity index is 1420. The lowest BCUT2D eigenvalue weighted by Crippen LogP contribution is -2.23. The molecule has 0 aliphatic heterocycles. The Balaban J connectivity index is 1.68. The van der Waals surface area contributed by atoms with Gasteiger partial charge in [0.15, 0.2) is 11.0 Å². The minimum Gasteiger partial charge on any atom is -0.497 e. The first kappa shape index (κ1) is 27.3. The quantitative estimate of drug-likeness (QED) is 0.239. The van der Waals surface area contributed by atoms with Gasteiger partial charge >= 0.3 is 6.18 Å². The van der Waals surface area contributed by atoms with Gasteiger partial charge in [0, 0.05) is 11.3 Å². The van der Waals surface area contributed by atoms with Crippen molar-refractivity contribution in [2.75, 3.05) is 12.4 Å². The molecule has 1 aromatic heterocycles. The van der Waals surface area contributed by atoms with Crippen LogP contribution in [-0.2, 0) is 11.0 Å². The summed E-state index contributed by atoms with van der Waals surface area (Å²) in [6, 6.07) is 19.9. The fraction of sp³-hybridized carbons (Fsp3) is 0.250. The second-order valence-corrected chi connectivity index (χ2v) is 10.2. The molecule has 6 nitrogen and oxygen atoms in total. The number of ether oxygens (including phenoxy) is 1. The molecule has 0 radical (unpaired) electrons. The van der Waals surface area contributed by atoms with E-state index in [2.05, 4.69) is 29.4 Å². The lowest BCUT2D eigenvalue weighted by atomic mass is 10.0. The number of hydrogen-bond acceptors (Lipinski definition) is 5. The Kier molecular flexibility index (Phi) is 8.11. The highest BCUT2D eigenvalue weighted by Crippen LogP contribution is 2.35. The number of nitrogens with one attached hydrogen (secondary N) is 1.